The molecule has 13 heteroatoms. The number of aliphatic hydroxyl groups is 1. The quantitative estimate of drug-likeness (QED) is 0.0154. The Labute approximate surface area is 341 Å². The predicted molar refractivity (Wildman–Crippen MR) is 227 cm³/mol. The van der Waals surface area contributed by atoms with Crippen molar-refractivity contribution in [1.29, 1.82) is 0 Å². The fourth-order valence-corrected chi connectivity index (χ4v) is 5.43. The summed E-state index contributed by atoms with van der Waals surface area (Å²) in [6.45, 7) is 2.40. The van der Waals surface area contributed by atoms with Crippen molar-refractivity contribution >= 4 is 25.7 Å². The molecule has 0 rings (SSSR count). The first kappa shape index (κ1) is 53.4. The number of allylic oxidation sites excluding steroid dienone is 14. The van der Waals surface area contributed by atoms with E-state index in [9.17, 15) is 28.9 Å². The van der Waals surface area contributed by atoms with Crippen LogP contribution in [0, 0.1) is 0 Å². The van der Waals surface area contributed by atoms with Crippen LogP contribution >= 0.6 is 7.82 Å². The molecule has 4 atom stereocenters. The summed E-state index contributed by atoms with van der Waals surface area (Å²) < 4.78 is 32.5. The van der Waals surface area contributed by atoms with Crippen LogP contribution in [-0.2, 0) is 37.5 Å². The molecular formula is C44H70NO11P. The largest absolute Gasteiger partial charge is 0.480 e. The van der Waals surface area contributed by atoms with E-state index < -0.39 is 63.8 Å². The van der Waals surface area contributed by atoms with Crippen LogP contribution in [0.3, 0.4) is 0 Å². The zero-order valence-electron chi connectivity index (χ0n) is 34.2. The molecule has 0 aliphatic carbocycles. The van der Waals surface area contributed by atoms with Crippen molar-refractivity contribution in [2.75, 3.05) is 19.8 Å². The van der Waals surface area contributed by atoms with Gasteiger partial charge in [0.25, 0.3) is 0 Å². The number of carbonyl (C=O) groups is 3. The molecule has 0 amide bonds. The van der Waals surface area contributed by atoms with Gasteiger partial charge in [0.15, 0.2) is 6.10 Å². The molecule has 0 bridgehead atoms. The van der Waals surface area contributed by atoms with Gasteiger partial charge in [-0.1, -0.05) is 124 Å². The van der Waals surface area contributed by atoms with Crippen LogP contribution in [0.15, 0.2) is 97.2 Å². The van der Waals surface area contributed by atoms with Crippen molar-refractivity contribution in [3.05, 3.63) is 97.2 Å². The molecule has 0 aromatic carbocycles. The Hall–Kier alpha value is -3.64. The highest BCUT2D eigenvalue weighted by Gasteiger charge is 2.28. The van der Waals surface area contributed by atoms with E-state index in [0.29, 0.717) is 25.7 Å². The van der Waals surface area contributed by atoms with Crippen molar-refractivity contribution < 1.29 is 52.6 Å². The number of rotatable bonds is 36. The number of carboxylic acid groups (broad SMARTS) is 1. The monoisotopic (exact) mass is 819 g/mol. The molecule has 322 valence electrons. The lowest BCUT2D eigenvalue weighted by Crippen LogP contribution is -2.34. The number of aliphatic carboxylic acids is 1. The summed E-state index contributed by atoms with van der Waals surface area (Å²) in [5.41, 5.74) is 5.31. The van der Waals surface area contributed by atoms with E-state index in [2.05, 4.69) is 54.0 Å². The number of nitrogens with two attached hydrogens (primary N) is 1. The summed E-state index contributed by atoms with van der Waals surface area (Å²) in [5, 5.41) is 18.6. The van der Waals surface area contributed by atoms with E-state index in [-0.39, 0.29) is 12.8 Å². The Morgan fingerprint density at radius 2 is 1.18 bits per heavy atom. The Morgan fingerprint density at radius 1 is 0.649 bits per heavy atom. The van der Waals surface area contributed by atoms with Crippen LogP contribution in [0.5, 0.6) is 0 Å². The van der Waals surface area contributed by atoms with Crippen molar-refractivity contribution in [2.45, 2.75) is 141 Å². The second-order valence-electron chi connectivity index (χ2n) is 13.2. The third-order valence-corrected chi connectivity index (χ3v) is 8.84. The number of ether oxygens (including phenoxy) is 2. The van der Waals surface area contributed by atoms with Gasteiger partial charge in [-0.05, 0) is 83.5 Å². The summed E-state index contributed by atoms with van der Waals surface area (Å²) in [6.07, 6.45) is 44.0. The first-order chi connectivity index (χ1) is 27.5. The van der Waals surface area contributed by atoms with Gasteiger partial charge < -0.3 is 30.3 Å². The highest BCUT2D eigenvalue weighted by Crippen LogP contribution is 2.43. The molecule has 0 aromatic rings. The zero-order chi connectivity index (χ0) is 42.2. The Morgan fingerprint density at radius 3 is 1.77 bits per heavy atom. The number of esters is 2. The number of carboxylic acids is 1. The zero-order valence-corrected chi connectivity index (χ0v) is 35.1. The van der Waals surface area contributed by atoms with E-state index in [0.717, 1.165) is 51.4 Å². The summed E-state index contributed by atoms with van der Waals surface area (Å²) in [4.78, 5) is 45.8. The number of aliphatic hydroxyl groups excluding tert-OH is 1. The normalized spacial score (nSPS) is 15.3. The molecule has 2 unspecified atom stereocenters. The molecule has 0 radical (unpaired) electrons. The number of carbonyl (C=O) groups excluding carboxylic acids is 2. The van der Waals surface area contributed by atoms with Crippen molar-refractivity contribution in [1.82, 2.24) is 0 Å². The first-order valence-corrected chi connectivity index (χ1v) is 21.9. The molecule has 12 nitrogen and oxygen atoms in total. The van der Waals surface area contributed by atoms with Crippen molar-refractivity contribution in [3.63, 3.8) is 0 Å². The maximum Gasteiger partial charge on any atom is 0.472 e. The van der Waals surface area contributed by atoms with Gasteiger partial charge in [0, 0.05) is 12.8 Å². The van der Waals surface area contributed by atoms with E-state index in [1.807, 2.05) is 55.5 Å². The average Bonchev–Trinajstić information content (AvgIpc) is 3.18. The third kappa shape index (κ3) is 37.7. The number of phosphoric acid groups is 1. The van der Waals surface area contributed by atoms with Crippen LogP contribution in [0.4, 0.5) is 0 Å². The molecule has 0 fully saturated rings. The summed E-state index contributed by atoms with van der Waals surface area (Å²) in [7, 11) is -4.75. The van der Waals surface area contributed by atoms with Gasteiger partial charge >= 0.3 is 25.7 Å². The standard InChI is InChI=1S/C44H70NO11P/c1-3-5-7-8-9-10-11-12-13-14-19-22-25-28-31-35-43(48)56-40(37-54-57(51,52)55-38-41(45)44(49)50)36-53-42(47)34-30-27-24-21-18-16-15-17-20-23-26-29-33-39(46)32-6-4-2/h6,9-10,12-13,15-16,19-24,26,29,32,39-41,46H,3-5,7-8,11,14,17-18,25,27-28,30-31,33-38,45H2,1-2H3,(H,49,50)(H,51,52)/b10-9-,13-12-,16-15-,22-19-,23-20-,24-21-,29-26+,32-6-/t39?,40-,41+/m1/s1. The maximum absolute atomic E-state index is 12.6. The van der Waals surface area contributed by atoms with Gasteiger partial charge in [-0.3, -0.25) is 23.4 Å². The van der Waals surface area contributed by atoms with E-state index in [4.69, 9.17) is 24.8 Å². The number of unbranched alkanes of at least 4 members (excludes halogenated alkanes) is 6. The Balaban J connectivity index is 4.62. The molecular weight excluding hydrogens is 749 g/mol. The van der Waals surface area contributed by atoms with E-state index in [1.165, 1.54) is 19.3 Å². The molecule has 0 aliphatic heterocycles. The van der Waals surface area contributed by atoms with Crippen LogP contribution in [0.25, 0.3) is 0 Å². The Kier molecular flexibility index (Phi) is 35.5. The topological polar surface area (TPSA) is 192 Å². The molecule has 0 saturated heterocycles. The second kappa shape index (κ2) is 37.9. The Bertz CT molecular complexity index is 1350. The number of hydrogen-bond donors (Lipinski definition) is 4. The molecule has 0 aromatic heterocycles. The van der Waals surface area contributed by atoms with Gasteiger partial charge in [0.05, 0.1) is 19.3 Å². The predicted octanol–water partition coefficient (Wildman–Crippen LogP) is 9.47. The van der Waals surface area contributed by atoms with Crippen LogP contribution in [0.2, 0.25) is 0 Å². The van der Waals surface area contributed by atoms with Crippen LogP contribution in [0.1, 0.15) is 123 Å². The summed E-state index contributed by atoms with van der Waals surface area (Å²) >= 11 is 0. The molecule has 5 N–H and O–H groups in total. The number of phosphoric ester groups is 1. The van der Waals surface area contributed by atoms with Gasteiger partial charge in [-0.2, -0.15) is 0 Å². The van der Waals surface area contributed by atoms with Crippen LogP contribution < -0.4 is 5.73 Å². The van der Waals surface area contributed by atoms with Crippen molar-refractivity contribution in [2.24, 2.45) is 5.73 Å². The highest BCUT2D eigenvalue weighted by molar-refractivity contribution is 7.47. The molecule has 0 heterocycles. The average molecular weight is 820 g/mol. The van der Waals surface area contributed by atoms with Crippen molar-refractivity contribution in [3.8, 4) is 0 Å². The van der Waals surface area contributed by atoms with Gasteiger partial charge in [0.2, 0.25) is 0 Å². The maximum atomic E-state index is 12.6. The van der Waals surface area contributed by atoms with Gasteiger partial charge in [0.1, 0.15) is 12.6 Å². The number of hydrogen-bond acceptors (Lipinski definition) is 10. The smallest absolute Gasteiger partial charge is 0.472 e. The van der Waals surface area contributed by atoms with E-state index in [1.54, 1.807) is 6.08 Å². The summed E-state index contributed by atoms with van der Waals surface area (Å²) in [6, 6.07) is -1.55. The molecule has 57 heavy (non-hydrogen) atoms. The lowest BCUT2D eigenvalue weighted by Gasteiger charge is -2.20. The SMILES string of the molecule is CC/C=C\C(O)C/C=C/C=C\C/C=C\C/C=C\CCCC(=O)OC[C@H](COP(=O)(O)OC[C@H](N)C(=O)O)OC(=O)CCCC/C=C\C/C=C\C/C=C\CCCCC. The fraction of sp³-hybridized carbons (Fsp3) is 0.568. The lowest BCUT2D eigenvalue weighted by molar-refractivity contribution is -0.161. The minimum absolute atomic E-state index is 0.0856. The van der Waals surface area contributed by atoms with E-state index >= 15 is 0 Å². The molecule has 0 spiro atoms. The fourth-order valence-electron chi connectivity index (χ4n) is 4.65. The van der Waals surface area contributed by atoms with Crippen LogP contribution in [-0.4, -0.2) is 71.1 Å². The molecule has 0 saturated carbocycles. The highest BCUT2D eigenvalue weighted by atomic mass is 31.2. The summed E-state index contributed by atoms with van der Waals surface area (Å²) in [5.74, 6) is -2.55. The minimum Gasteiger partial charge on any atom is -0.480 e. The third-order valence-electron chi connectivity index (χ3n) is 7.89. The first-order valence-electron chi connectivity index (χ1n) is 20.4. The lowest BCUT2D eigenvalue weighted by atomic mass is 10.1. The van der Waals surface area contributed by atoms with Gasteiger partial charge in [-0.25, -0.2) is 4.57 Å². The molecule has 0 aliphatic rings. The van der Waals surface area contributed by atoms with Gasteiger partial charge in [-0.15, -0.1) is 0 Å². The minimum atomic E-state index is -4.75. The second-order valence-corrected chi connectivity index (χ2v) is 14.7.